The number of aromatic nitrogens is 2. The van der Waals surface area contributed by atoms with E-state index < -0.39 is 15.9 Å². The molecule has 0 aliphatic rings. The van der Waals surface area contributed by atoms with E-state index in [9.17, 15) is 13.2 Å². The van der Waals surface area contributed by atoms with Crippen LogP contribution in [0, 0.1) is 0 Å². The van der Waals surface area contributed by atoms with Crippen LogP contribution in [-0.4, -0.2) is 29.6 Å². The van der Waals surface area contributed by atoms with Gasteiger partial charge in [-0.25, -0.2) is 18.8 Å². The van der Waals surface area contributed by atoms with Gasteiger partial charge in [0.25, 0.3) is 15.9 Å². The Bertz CT molecular complexity index is 1450. The number of amides is 1. The Hall–Kier alpha value is -3.95. The second-order valence-corrected chi connectivity index (χ2v) is 9.36. The number of carbonyl (C=O) groups is 1. The molecule has 3 aromatic carbocycles. The maximum Gasteiger partial charge on any atom is 0.271 e. The highest BCUT2D eigenvalue weighted by molar-refractivity contribution is 7.92. The number of benzene rings is 3. The van der Waals surface area contributed by atoms with Crippen LogP contribution in [0.1, 0.15) is 22.8 Å². The summed E-state index contributed by atoms with van der Waals surface area (Å²) in [4.78, 5) is 16.6. The predicted molar refractivity (Wildman–Crippen MR) is 132 cm³/mol. The number of imidazole rings is 1. The van der Waals surface area contributed by atoms with E-state index in [-0.39, 0.29) is 21.2 Å². The fraction of sp³-hybridized carbons (Fsp3) is 0.0417. The van der Waals surface area contributed by atoms with Crippen LogP contribution in [0.2, 0.25) is 5.02 Å². The molecular formula is C24H20ClN5O3S. The van der Waals surface area contributed by atoms with Crippen LogP contribution in [0.3, 0.4) is 0 Å². The van der Waals surface area contributed by atoms with E-state index in [1.54, 1.807) is 43.7 Å². The molecule has 1 heterocycles. The molecule has 172 valence electrons. The van der Waals surface area contributed by atoms with E-state index in [4.69, 9.17) is 11.6 Å². The maximum absolute atomic E-state index is 12.8. The van der Waals surface area contributed by atoms with Gasteiger partial charge in [0.2, 0.25) is 0 Å². The summed E-state index contributed by atoms with van der Waals surface area (Å²) >= 11 is 6.05. The molecule has 4 rings (SSSR count). The summed E-state index contributed by atoms with van der Waals surface area (Å²) in [5, 5.41) is 4.42. The van der Waals surface area contributed by atoms with E-state index in [1.807, 2.05) is 35.0 Å². The van der Waals surface area contributed by atoms with Crippen molar-refractivity contribution < 1.29 is 13.2 Å². The molecule has 0 fully saturated rings. The number of anilines is 1. The smallest absolute Gasteiger partial charge is 0.271 e. The number of carbonyl (C=O) groups excluding carboxylic acids is 1. The van der Waals surface area contributed by atoms with Crippen molar-refractivity contribution in [3.8, 4) is 5.69 Å². The minimum Gasteiger partial charge on any atom is -0.306 e. The van der Waals surface area contributed by atoms with Crippen LogP contribution in [0.4, 0.5) is 5.69 Å². The maximum atomic E-state index is 12.8. The summed E-state index contributed by atoms with van der Waals surface area (Å²) in [6.45, 7) is 1.76. The summed E-state index contributed by atoms with van der Waals surface area (Å²) in [6, 6.07) is 19.8. The Morgan fingerprint density at radius 3 is 2.47 bits per heavy atom. The van der Waals surface area contributed by atoms with E-state index in [1.165, 1.54) is 24.3 Å². The summed E-state index contributed by atoms with van der Waals surface area (Å²) in [6.07, 6.45) is 5.24. The first-order chi connectivity index (χ1) is 16.3. The van der Waals surface area contributed by atoms with Crippen molar-refractivity contribution in [3.63, 3.8) is 0 Å². The van der Waals surface area contributed by atoms with Crippen LogP contribution in [-0.2, 0) is 10.0 Å². The third-order valence-corrected chi connectivity index (χ3v) is 6.63. The molecule has 0 radical (unpaired) electrons. The average molecular weight is 494 g/mol. The minimum absolute atomic E-state index is 0.0733. The van der Waals surface area contributed by atoms with Crippen LogP contribution in [0.5, 0.6) is 0 Å². The number of hydrogen-bond acceptors (Lipinski definition) is 5. The lowest BCUT2D eigenvalue weighted by molar-refractivity contribution is 0.0954. The molecular weight excluding hydrogens is 474 g/mol. The van der Waals surface area contributed by atoms with E-state index in [0.29, 0.717) is 5.71 Å². The molecule has 0 spiro atoms. The molecule has 10 heteroatoms. The number of halogens is 1. The molecule has 8 nitrogen and oxygen atoms in total. The largest absolute Gasteiger partial charge is 0.306 e. The third kappa shape index (κ3) is 5.33. The van der Waals surface area contributed by atoms with Gasteiger partial charge >= 0.3 is 0 Å². The standard InChI is InChI=1S/C24H20ClN5O3S/c1-17(18-9-11-20(12-10-18)30-14-13-26-16-30)27-28-24(31)19-5-4-6-21(15-19)34(32,33)29-23-8-3-2-7-22(23)25/h2-16,29H,1H3,(H,28,31)/b27-17-. The Labute approximate surface area is 202 Å². The van der Waals surface area contributed by atoms with Gasteiger partial charge in [-0.2, -0.15) is 5.10 Å². The molecule has 0 aliphatic heterocycles. The highest BCUT2D eigenvalue weighted by Gasteiger charge is 2.17. The first kappa shape index (κ1) is 23.2. The normalized spacial score (nSPS) is 11.8. The Morgan fingerprint density at radius 1 is 1.00 bits per heavy atom. The number of hydrazone groups is 1. The molecule has 1 aromatic heterocycles. The van der Waals surface area contributed by atoms with Crippen molar-refractivity contribution in [3.05, 3.63) is 108 Å². The second-order valence-electron chi connectivity index (χ2n) is 7.27. The second kappa shape index (κ2) is 9.90. The Kier molecular flexibility index (Phi) is 6.76. The Morgan fingerprint density at radius 2 is 1.76 bits per heavy atom. The number of nitrogens with zero attached hydrogens (tertiary/aromatic N) is 3. The minimum atomic E-state index is -3.95. The molecule has 0 aliphatic carbocycles. The van der Waals surface area contributed by atoms with Gasteiger partial charge in [0.05, 0.1) is 27.6 Å². The van der Waals surface area contributed by atoms with Gasteiger partial charge in [0.15, 0.2) is 0 Å². The summed E-state index contributed by atoms with van der Waals surface area (Å²) in [5.41, 5.74) is 5.23. The molecule has 0 saturated heterocycles. The van der Waals surface area contributed by atoms with Gasteiger partial charge < -0.3 is 4.57 Å². The van der Waals surface area contributed by atoms with E-state index in [0.717, 1.165) is 11.3 Å². The lowest BCUT2D eigenvalue weighted by Gasteiger charge is -2.10. The molecule has 0 unspecified atom stereocenters. The number of sulfonamides is 1. The quantitative estimate of drug-likeness (QED) is 0.292. The summed E-state index contributed by atoms with van der Waals surface area (Å²) in [7, 11) is -3.95. The molecule has 0 saturated carbocycles. The van der Waals surface area contributed by atoms with Gasteiger partial charge in [0, 0.05) is 23.6 Å². The van der Waals surface area contributed by atoms with Crippen molar-refractivity contribution in [1.82, 2.24) is 15.0 Å². The molecule has 4 aromatic rings. The third-order valence-electron chi connectivity index (χ3n) is 4.94. The van der Waals surface area contributed by atoms with Crippen molar-refractivity contribution in [2.24, 2.45) is 5.10 Å². The topological polar surface area (TPSA) is 105 Å². The van der Waals surface area contributed by atoms with E-state index in [2.05, 4.69) is 20.2 Å². The SMILES string of the molecule is C/C(=N/NC(=O)c1cccc(S(=O)(=O)Nc2ccccc2Cl)c1)c1ccc(-n2ccnc2)cc1. The zero-order chi connectivity index (χ0) is 24.1. The lowest BCUT2D eigenvalue weighted by Crippen LogP contribution is -2.20. The fourth-order valence-electron chi connectivity index (χ4n) is 3.10. The first-order valence-corrected chi connectivity index (χ1v) is 12.0. The highest BCUT2D eigenvalue weighted by atomic mass is 35.5. The van der Waals surface area contributed by atoms with Crippen molar-refractivity contribution in [2.75, 3.05) is 4.72 Å². The first-order valence-electron chi connectivity index (χ1n) is 10.1. The van der Waals surface area contributed by atoms with Crippen LogP contribution < -0.4 is 10.1 Å². The van der Waals surface area contributed by atoms with Crippen molar-refractivity contribution in [2.45, 2.75) is 11.8 Å². The van der Waals surface area contributed by atoms with Gasteiger partial charge in [-0.1, -0.05) is 41.9 Å². The van der Waals surface area contributed by atoms with Gasteiger partial charge in [-0.05, 0) is 55.0 Å². The molecule has 0 atom stereocenters. The van der Waals surface area contributed by atoms with Gasteiger partial charge in [-0.15, -0.1) is 0 Å². The zero-order valence-electron chi connectivity index (χ0n) is 18.0. The van der Waals surface area contributed by atoms with Crippen molar-refractivity contribution in [1.29, 1.82) is 0 Å². The summed E-state index contributed by atoms with van der Waals surface area (Å²) in [5.74, 6) is -0.538. The number of hydrogen-bond donors (Lipinski definition) is 2. The summed E-state index contributed by atoms with van der Waals surface area (Å²) < 4.78 is 29.8. The zero-order valence-corrected chi connectivity index (χ0v) is 19.6. The van der Waals surface area contributed by atoms with Crippen molar-refractivity contribution >= 4 is 38.9 Å². The molecule has 34 heavy (non-hydrogen) atoms. The fourth-order valence-corrected chi connectivity index (χ4v) is 4.47. The molecule has 0 bridgehead atoms. The van der Waals surface area contributed by atoms with Crippen LogP contribution in [0.25, 0.3) is 5.69 Å². The highest BCUT2D eigenvalue weighted by Crippen LogP contribution is 2.24. The van der Waals surface area contributed by atoms with Crippen LogP contribution >= 0.6 is 11.6 Å². The van der Waals surface area contributed by atoms with Gasteiger partial charge in [0.1, 0.15) is 0 Å². The molecule has 2 N–H and O–H groups in total. The van der Waals surface area contributed by atoms with Gasteiger partial charge in [-0.3, -0.25) is 9.52 Å². The monoisotopic (exact) mass is 493 g/mol. The average Bonchev–Trinajstić information content (AvgIpc) is 3.39. The van der Waals surface area contributed by atoms with Crippen LogP contribution in [0.15, 0.2) is 102 Å². The molecule has 1 amide bonds. The number of rotatable bonds is 7. The number of para-hydroxylation sites is 1. The Balaban J connectivity index is 1.47. The predicted octanol–water partition coefficient (Wildman–Crippen LogP) is 4.48. The lowest BCUT2D eigenvalue weighted by atomic mass is 10.1. The van der Waals surface area contributed by atoms with E-state index >= 15 is 0 Å². The number of nitrogens with one attached hydrogen (secondary N) is 2.